The van der Waals surface area contributed by atoms with Crippen LogP contribution in [0.2, 0.25) is 0 Å². The van der Waals surface area contributed by atoms with Crippen LogP contribution in [-0.4, -0.2) is 34.3 Å². The van der Waals surface area contributed by atoms with Crippen LogP contribution in [0.3, 0.4) is 0 Å². The Labute approximate surface area is 94.1 Å². The minimum absolute atomic E-state index is 0.0452. The van der Waals surface area contributed by atoms with Crippen molar-refractivity contribution < 1.29 is 14.6 Å². The number of imidazole rings is 1. The lowest BCUT2D eigenvalue weighted by atomic mass is 9.96. The average molecular weight is 224 g/mol. The van der Waals surface area contributed by atoms with Crippen molar-refractivity contribution in [3.63, 3.8) is 0 Å². The van der Waals surface area contributed by atoms with Gasteiger partial charge in [0.05, 0.1) is 19.6 Å². The molecule has 1 atom stereocenters. The summed E-state index contributed by atoms with van der Waals surface area (Å²) in [6.45, 7) is 0.890. The number of aromatic nitrogens is 2. The summed E-state index contributed by atoms with van der Waals surface area (Å²) in [5.74, 6) is 0.716. The maximum Gasteiger partial charge on any atom is 0.309 e. The average Bonchev–Trinajstić information content (AvgIpc) is 2.71. The Balaban J connectivity index is 2.13. The molecule has 1 aliphatic rings. The summed E-state index contributed by atoms with van der Waals surface area (Å²) in [5, 5.41) is 8.89. The Morgan fingerprint density at radius 3 is 3.25 bits per heavy atom. The highest BCUT2D eigenvalue weighted by atomic mass is 16.5. The van der Waals surface area contributed by atoms with Crippen LogP contribution in [0, 0.1) is 5.92 Å². The minimum atomic E-state index is -0.142. The van der Waals surface area contributed by atoms with Gasteiger partial charge < -0.3 is 14.4 Å². The minimum Gasteiger partial charge on any atom is -0.469 e. The van der Waals surface area contributed by atoms with Crippen molar-refractivity contribution in [1.29, 1.82) is 0 Å². The Kier molecular flexibility index (Phi) is 3.24. The van der Waals surface area contributed by atoms with Crippen LogP contribution in [-0.2, 0) is 28.9 Å². The molecule has 16 heavy (non-hydrogen) atoms. The smallest absolute Gasteiger partial charge is 0.309 e. The van der Waals surface area contributed by atoms with Crippen molar-refractivity contribution in [2.45, 2.75) is 25.8 Å². The Hall–Kier alpha value is -1.36. The maximum atomic E-state index is 11.4. The van der Waals surface area contributed by atoms with Crippen molar-refractivity contribution >= 4 is 5.97 Å². The molecule has 0 aromatic carbocycles. The largest absolute Gasteiger partial charge is 0.469 e. The summed E-state index contributed by atoms with van der Waals surface area (Å²) >= 11 is 0. The second-order valence-electron chi connectivity index (χ2n) is 4.00. The number of aliphatic hydroxyl groups is 1. The van der Waals surface area contributed by atoms with Crippen molar-refractivity contribution in [3.8, 4) is 0 Å². The second kappa shape index (κ2) is 4.65. The summed E-state index contributed by atoms with van der Waals surface area (Å²) in [6, 6.07) is 0. The molecule has 0 spiro atoms. The lowest BCUT2D eigenvalue weighted by Gasteiger charge is -2.22. The highest BCUT2D eigenvalue weighted by molar-refractivity contribution is 5.72. The van der Waals surface area contributed by atoms with Gasteiger partial charge in [0.2, 0.25) is 0 Å². The number of aliphatic hydroxyl groups excluding tert-OH is 1. The van der Waals surface area contributed by atoms with Gasteiger partial charge in [-0.05, 0) is 6.42 Å². The number of hydrogen-bond donors (Lipinski definition) is 1. The molecular formula is C11H16N2O3. The summed E-state index contributed by atoms with van der Waals surface area (Å²) in [7, 11) is 1.42. The third-order valence-corrected chi connectivity index (χ3v) is 3.05. The fourth-order valence-corrected chi connectivity index (χ4v) is 2.20. The molecule has 0 saturated heterocycles. The van der Waals surface area contributed by atoms with Gasteiger partial charge >= 0.3 is 5.97 Å². The van der Waals surface area contributed by atoms with Crippen LogP contribution in [0.5, 0.6) is 0 Å². The number of rotatable bonds is 3. The lowest BCUT2D eigenvalue weighted by Crippen LogP contribution is -2.27. The number of carbonyl (C=O) groups excluding carboxylic acids is 1. The van der Waals surface area contributed by atoms with E-state index in [0.29, 0.717) is 12.8 Å². The fourth-order valence-electron chi connectivity index (χ4n) is 2.20. The molecule has 1 aromatic rings. The van der Waals surface area contributed by atoms with Gasteiger partial charge in [-0.2, -0.15) is 0 Å². The van der Waals surface area contributed by atoms with Gasteiger partial charge in [-0.1, -0.05) is 0 Å². The van der Waals surface area contributed by atoms with Gasteiger partial charge in [0.15, 0.2) is 0 Å². The van der Waals surface area contributed by atoms with Gasteiger partial charge in [-0.3, -0.25) is 4.79 Å². The maximum absolute atomic E-state index is 11.4. The predicted molar refractivity (Wildman–Crippen MR) is 56.8 cm³/mol. The number of carbonyl (C=O) groups is 1. The van der Waals surface area contributed by atoms with Crippen LogP contribution < -0.4 is 0 Å². The molecule has 1 N–H and O–H groups in total. The first-order valence-electron chi connectivity index (χ1n) is 5.48. The zero-order valence-electron chi connectivity index (χ0n) is 9.35. The molecule has 1 aromatic heterocycles. The molecule has 2 rings (SSSR count). The first kappa shape index (κ1) is 11.1. The zero-order chi connectivity index (χ0) is 11.5. The Bertz CT molecular complexity index is 387. The van der Waals surface area contributed by atoms with Crippen LogP contribution >= 0.6 is 0 Å². The molecule has 0 amide bonds. The van der Waals surface area contributed by atoms with Crippen LogP contribution in [0.15, 0.2) is 6.20 Å². The monoisotopic (exact) mass is 224 g/mol. The first-order chi connectivity index (χ1) is 7.76. The van der Waals surface area contributed by atoms with Gasteiger partial charge in [0, 0.05) is 31.3 Å². The topological polar surface area (TPSA) is 64.4 Å². The van der Waals surface area contributed by atoms with E-state index < -0.39 is 0 Å². The van der Waals surface area contributed by atoms with E-state index in [2.05, 4.69) is 9.55 Å². The molecule has 1 unspecified atom stereocenters. The van der Waals surface area contributed by atoms with E-state index in [1.54, 1.807) is 6.20 Å². The molecule has 0 fully saturated rings. The Morgan fingerprint density at radius 1 is 1.75 bits per heavy atom. The normalized spacial score (nSPS) is 19.2. The van der Waals surface area contributed by atoms with Crippen LogP contribution in [0.4, 0.5) is 0 Å². The fraction of sp³-hybridized carbons (Fsp3) is 0.636. The highest BCUT2D eigenvalue weighted by Crippen LogP contribution is 2.22. The summed E-state index contributed by atoms with van der Waals surface area (Å²) in [4.78, 5) is 15.7. The molecule has 2 heterocycles. The zero-order valence-corrected chi connectivity index (χ0v) is 9.35. The third kappa shape index (κ3) is 1.95. The van der Waals surface area contributed by atoms with Crippen molar-refractivity contribution in [1.82, 2.24) is 9.55 Å². The molecule has 0 saturated carbocycles. The van der Waals surface area contributed by atoms with Crippen molar-refractivity contribution in [2.24, 2.45) is 5.92 Å². The SMILES string of the molecule is COC(=O)C1CCn2c(cnc2CCO)C1. The molecule has 0 radical (unpaired) electrons. The van der Waals surface area contributed by atoms with Crippen LogP contribution in [0.25, 0.3) is 0 Å². The van der Waals surface area contributed by atoms with E-state index >= 15 is 0 Å². The summed E-state index contributed by atoms with van der Waals surface area (Å²) in [5.41, 5.74) is 1.06. The lowest BCUT2D eigenvalue weighted by molar-refractivity contribution is -0.146. The Morgan fingerprint density at radius 2 is 2.56 bits per heavy atom. The molecular weight excluding hydrogens is 208 g/mol. The number of esters is 1. The van der Waals surface area contributed by atoms with E-state index in [0.717, 1.165) is 24.5 Å². The van der Waals surface area contributed by atoms with Crippen molar-refractivity contribution in [3.05, 3.63) is 17.7 Å². The number of ether oxygens (including phenoxy) is 1. The van der Waals surface area contributed by atoms with Gasteiger partial charge in [0.1, 0.15) is 5.82 Å². The molecule has 88 valence electrons. The van der Waals surface area contributed by atoms with E-state index in [1.807, 2.05) is 0 Å². The van der Waals surface area contributed by atoms with Gasteiger partial charge in [-0.15, -0.1) is 0 Å². The molecule has 0 aliphatic carbocycles. The first-order valence-corrected chi connectivity index (χ1v) is 5.48. The molecule has 5 nitrogen and oxygen atoms in total. The number of fused-ring (bicyclic) bond motifs is 1. The van der Waals surface area contributed by atoms with Gasteiger partial charge in [0.25, 0.3) is 0 Å². The summed E-state index contributed by atoms with van der Waals surface area (Å²) < 4.78 is 6.84. The third-order valence-electron chi connectivity index (χ3n) is 3.05. The quantitative estimate of drug-likeness (QED) is 0.742. The van der Waals surface area contributed by atoms with E-state index in [1.165, 1.54) is 7.11 Å². The molecule has 0 bridgehead atoms. The highest BCUT2D eigenvalue weighted by Gasteiger charge is 2.26. The second-order valence-corrected chi connectivity index (χ2v) is 4.00. The van der Waals surface area contributed by atoms with Crippen molar-refractivity contribution in [2.75, 3.05) is 13.7 Å². The molecule has 5 heteroatoms. The van der Waals surface area contributed by atoms with Gasteiger partial charge in [-0.25, -0.2) is 4.98 Å². The predicted octanol–water partition coefficient (Wildman–Crippen LogP) is 0.153. The van der Waals surface area contributed by atoms with E-state index in [9.17, 15) is 4.79 Å². The number of nitrogens with zero attached hydrogens (tertiary/aromatic N) is 2. The van der Waals surface area contributed by atoms with E-state index in [-0.39, 0.29) is 18.5 Å². The number of hydrogen-bond acceptors (Lipinski definition) is 4. The van der Waals surface area contributed by atoms with E-state index in [4.69, 9.17) is 9.84 Å². The number of methoxy groups -OCH3 is 1. The van der Waals surface area contributed by atoms with Crippen LogP contribution in [0.1, 0.15) is 17.9 Å². The standard InChI is InChI=1S/C11H16N2O3/c1-16-11(15)8-2-4-13-9(6-8)7-12-10(13)3-5-14/h7-8,14H,2-6H2,1H3. The molecule has 1 aliphatic heterocycles. The summed E-state index contributed by atoms with van der Waals surface area (Å²) in [6.07, 6.45) is 3.84.